The molecule has 1 aliphatic carbocycles. The number of benzene rings is 1. The van der Waals surface area contributed by atoms with E-state index in [9.17, 15) is 13.5 Å². The summed E-state index contributed by atoms with van der Waals surface area (Å²) in [7, 11) is -3.43. The molecule has 1 aromatic carbocycles. The highest BCUT2D eigenvalue weighted by Gasteiger charge is 2.39. The van der Waals surface area contributed by atoms with E-state index in [0.29, 0.717) is 29.6 Å². The van der Waals surface area contributed by atoms with Crippen molar-refractivity contribution < 1.29 is 13.5 Å². The number of sulfone groups is 1. The minimum absolute atomic E-state index is 0.323. The van der Waals surface area contributed by atoms with Gasteiger partial charge in [0, 0.05) is 0 Å². The van der Waals surface area contributed by atoms with Crippen molar-refractivity contribution in [2.24, 2.45) is 11.8 Å². The lowest BCUT2D eigenvalue weighted by Crippen LogP contribution is -2.40. The molecule has 3 atom stereocenters. The van der Waals surface area contributed by atoms with Crippen LogP contribution in [0.2, 0.25) is 0 Å². The zero-order valence-electron chi connectivity index (χ0n) is 11.5. The van der Waals surface area contributed by atoms with Crippen LogP contribution in [0.25, 0.3) is 0 Å². The molecule has 3 unspecified atom stereocenters. The van der Waals surface area contributed by atoms with Crippen LogP contribution < -0.4 is 0 Å². The highest BCUT2D eigenvalue weighted by molar-refractivity contribution is 7.92. The number of aliphatic hydroxyl groups is 1. The van der Waals surface area contributed by atoms with Crippen molar-refractivity contribution in [1.82, 2.24) is 0 Å². The largest absolute Gasteiger partial charge is 0.392 e. The molecule has 19 heavy (non-hydrogen) atoms. The van der Waals surface area contributed by atoms with Crippen LogP contribution in [0.5, 0.6) is 0 Å². The van der Waals surface area contributed by atoms with Crippen LogP contribution in [-0.2, 0) is 9.84 Å². The lowest BCUT2D eigenvalue weighted by Gasteiger charge is -2.34. The van der Waals surface area contributed by atoms with E-state index in [4.69, 9.17) is 0 Å². The number of rotatable bonds is 3. The van der Waals surface area contributed by atoms with E-state index in [2.05, 4.69) is 13.8 Å². The van der Waals surface area contributed by atoms with Crippen LogP contribution in [0.15, 0.2) is 35.2 Å². The van der Waals surface area contributed by atoms with Crippen molar-refractivity contribution in [2.45, 2.75) is 49.4 Å². The maximum absolute atomic E-state index is 12.6. The molecule has 1 aromatic rings. The molecule has 1 N–H and O–H groups in total. The summed E-state index contributed by atoms with van der Waals surface area (Å²) in [5.74, 6) is 0.841. The fourth-order valence-corrected chi connectivity index (χ4v) is 4.80. The molecule has 0 aromatic heterocycles. The zero-order chi connectivity index (χ0) is 14.0. The summed E-state index contributed by atoms with van der Waals surface area (Å²) in [6.45, 7) is 4.24. The van der Waals surface area contributed by atoms with Gasteiger partial charge >= 0.3 is 0 Å². The van der Waals surface area contributed by atoms with E-state index in [1.54, 1.807) is 30.3 Å². The highest BCUT2D eigenvalue weighted by atomic mass is 32.2. The van der Waals surface area contributed by atoms with Crippen molar-refractivity contribution in [3.63, 3.8) is 0 Å². The zero-order valence-corrected chi connectivity index (χ0v) is 12.3. The molecule has 0 heterocycles. The molecule has 4 heteroatoms. The van der Waals surface area contributed by atoms with Crippen molar-refractivity contribution >= 4 is 9.84 Å². The molecular weight excluding hydrogens is 260 g/mol. The van der Waals surface area contributed by atoms with E-state index in [1.165, 1.54) is 0 Å². The van der Waals surface area contributed by atoms with Crippen molar-refractivity contribution in [3.8, 4) is 0 Å². The Morgan fingerprint density at radius 3 is 2.37 bits per heavy atom. The topological polar surface area (TPSA) is 54.4 Å². The predicted molar refractivity (Wildman–Crippen MR) is 75.6 cm³/mol. The maximum atomic E-state index is 12.6. The maximum Gasteiger partial charge on any atom is 0.183 e. The summed E-state index contributed by atoms with van der Waals surface area (Å²) >= 11 is 0. The van der Waals surface area contributed by atoms with Crippen LogP contribution in [0.3, 0.4) is 0 Å². The van der Waals surface area contributed by atoms with Gasteiger partial charge in [-0.2, -0.15) is 0 Å². The summed E-state index contributed by atoms with van der Waals surface area (Å²) in [4.78, 5) is 0.323. The molecule has 1 aliphatic rings. The Morgan fingerprint density at radius 2 is 1.79 bits per heavy atom. The van der Waals surface area contributed by atoms with Crippen LogP contribution >= 0.6 is 0 Å². The van der Waals surface area contributed by atoms with Crippen LogP contribution in [0, 0.1) is 11.8 Å². The third-order valence-corrected chi connectivity index (χ3v) is 6.44. The Morgan fingerprint density at radius 1 is 1.16 bits per heavy atom. The van der Waals surface area contributed by atoms with Gasteiger partial charge in [0.05, 0.1) is 16.2 Å². The van der Waals surface area contributed by atoms with Gasteiger partial charge in [0.15, 0.2) is 9.84 Å². The summed E-state index contributed by atoms with van der Waals surface area (Å²) in [5.41, 5.74) is 0. The standard InChI is InChI=1S/C15H22O3S/c1-11(2)12-8-9-14(16)15(10-12)19(17,18)13-6-4-3-5-7-13/h3-7,11-12,14-16H,8-10H2,1-2H3. The second-order valence-electron chi connectivity index (χ2n) is 5.78. The first-order valence-electron chi connectivity index (χ1n) is 6.90. The monoisotopic (exact) mass is 282 g/mol. The first-order chi connectivity index (χ1) is 8.93. The van der Waals surface area contributed by atoms with E-state index < -0.39 is 21.2 Å². The molecule has 0 spiro atoms. The first-order valence-corrected chi connectivity index (χ1v) is 8.44. The van der Waals surface area contributed by atoms with Gasteiger partial charge in [0.1, 0.15) is 0 Å². The SMILES string of the molecule is CC(C)C1CCC(O)C(S(=O)(=O)c2ccccc2)C1. The minimum atomic E-state index is -3.43. The van der Waals surface area contributed by atoms with Crippen molar-refractivity contribution in [2.75, 3.05) is 0 Å². The van der Waals surface area contributed by atoms with Gasteiger partial charge in [-0.05, 0) is 43.2 Å². The molecule has 0 radical (unpaired) electrons. The molecule has 106 valence electrons. The third-order valence-electron chi connectivity index (χ3n) is 4.21. The summed E-state index contributed by atoms with van der Waals surface area (Å²) < 4.78 is 25.2. The predicted octanol–water partition coefficient (Wildman–Crippen LogP) is 2.65. The Bertz CT molecular complexity index is 507. The summed E-state index contributed by atoms with van der Waals surface area (Å²) in [6.07, 6.45) is 1.33. The Kier molecular flexibility index (Phi) is 4.31. The average Bonchev–Trinajstić information content (AvgIpc) is 2.39. The number of hydrogen-bond donors (Lipinski definition) is 1. The second-order valence-corrected chi connectivity index (χ2v) is 7.95. The molecular formula is C15H22O3S. The molecule has 0 amide bonds. The average molecular weight is 282 g/mol. The minimum Gasteiger partial charge on any atom is -0.392 e. The van der Waals surface area contributed by atoms with Gasteiger partial charge in [-0.15, -0.1) is 0 Å². The fraction of sp³-hybridized carbons (Fsp3) is 0.600. The lowest BCUT2D eigenvalue weighted by molar-refractivity contribution is 0.0997. The third kappa shape index (κ3) is 3.00. The van der Waals surface area contributed by atoms with Gasteiger partial charge < -0.3 is 5.11 Å². The van der Waals surface area contributed by atoms with E-state index >= 15 is 0 Å². The van der Waals surface area contributed by atoms with Gasteiger partial charge in [-0.25, -0.2) is 8.42 Å². The van der Waals surface area contributed by atoms with Crippen LogP contribution in [-0.4, -0.2) is 24.9 Å². The van der Waals surface area contributed by atoms with Crippen LogP contribution in [0.4, 0.5) is 0 Å². The number of aliphatic hydroxyl groups excluding tert-OH is 1. The fourth-order valence-electron chi connectivity index (χ4n) is 2.87. The van der Waals surface area contributed by atoms with E-state index in [-0.39, 0.29) is 0 Å². The Hall–Kier alpha value is -0.870. The quantitative estimate of drug-likeness (QED) is 0.927. The lowest BCUT2D eigenvalue weighted by atomic mass is 9.80. The second kappa shape index (κ2) is 5.63. The summed E-state index contributed by atoms with van der Waals surface area (Å²) in [6, 6.07) is 8.47. The number of hydrogen-bond acceptors (Lipinski definition) is 3. The first kappa shape index (κ1) is 14.5. The normalized spacial score (nSPS) is 28.5. The van der Waals surface area contributed by atoms with Gasteiger partial charge in [-0.1, -0.05) is 32.0 Å². The molecule has 0 aliphatic heterocycles. The molecule has 3 nitrogen and oxygen atoms in total. The molecule has 1 saturated carbocycles. The van der Waals surface area contributed by atoms with Crippen molar-refractivity contribution in [1.29, 1.82) is 0 Å². The van der Waals surface area contributed by atoms with Crippen molar-refractivity contribution in [3.05, 3.63) is 30.3 Å². The smallest absolute Gasteiger partial charge is 0.183 e. The van der Waals surface area contributed by atoms with Crippen LogP contribution in [0.1, 0.15) is 33.1 Å². The Labute approximate surface area is 115 Å². The molecule has 0 saturated heterocycles. The Balaban J connectivity index is 2.28. The van der Waals surface area contributed by atoms with Gasteiger partial charge in [-0.3, -0.25) is 0 Å². The molecule has 2 rings (SSSR count). The van der Waals surface area contributed by atoms with E-state index in [1.807, 2.05) is 0 Å². The van der Waals surface area contributed by atoms with E-state index in [0.717, 1.165) is 6.42 Å². The molecule has 0 bridgehead atoms. The molecule has 1 fully saturated rings. The summed E-state index contributed by atoms with van der Waals surface area (Å²) in [5, 5.41) is 9.43. The van der Waals surface area contributed by atoms with Gasteiger partial charge in [0.25, 0.3) is 0 Å². The highest BCUT2D eigenvalue weighted by Crippen LogP contribution is 2.35. The van der Waals surface area contributed by atoms with Gasteiger partial charge in [0.2, 0.25) is 0 Å².